The Balaban J connectivity index is 1.99. The Hall–Kier alpha value is -1.61. The van der Waals surface area contributed by atoms with Crippen molar-refractivity contribution in [2.24, 2.45) is 0 Å². The van der Waals surface area contributed by atoms with Gasteiger partial charge in [-0.3, -0.25) is 9.52 Å². The number of ether oxygens (including phenoxy) is 1. The number of fused-ring (bicyclic) bond motifs is 1. The number of alkyl halides is 3. The minimum atomic E-state index is -4.43. The first-order chi connectivity index (χ1) is 10.7. The van der Waals surface area contributed by atoms with E-state index in [9.17, 15) is 26.4 Å². The van der Waals surface area contributed by atoms with Crippen molar-refractivity contribution < 1.29 is 31.1 Å². The maximum atomic E-state index is 12.1. The summed E-state index contributed by atoms with van der Waals surface area (Å²) in [5.41, 5.74) is 1.45. The lowest BCUT2D eigenvalue weighted by molar-refractivity contribution is -0.134. The fourth-order valence-corrected chi connectivity index (χ4v) is 3.37. The lowest BCUT2D eigenvalue weighted by atomic mass is 9.97. The molecule has 0 fully saturated rings. The molecule has 23 heavy (non-hydrogen) atoms. The largest absolute Gasteiger partial charge is 0.389 e. The van der Waals surface area contributed by atoms with Crippen LogP contribution in [-0.4, -0.2) is 32.9 Å². The van der Waals surface area contributed by atoms with E-state index in [2.05, 4.69) is 0 Å². The molecule has 0 unspecified atom stereocenters. The number of hydrogen-bond donors (Lipinski definition) is 1. The molecule has 0 aromatic heterocycles. The van der Waals surface area contributed by atoms with Crippen molar-refractivity contribution in [2.45, 2.75) is 31.5 Å². The molecule has 9 heteroatoms. The molecule has 1 aliphatic rings. The SMILES string of the molecule is O=C(NS(=O)(=O)CCCC(F)(F)F)[C@H]1OCCc2ccccc21. The monoisotopic (exact) mass is 351 g/mol. The average Bonchev–Trinajstić information content (AvgIpc) is 2.44. The van der Waals surface area contributed by atoms with Crippen LogP contribution >= 0.6 is 0 Å². The number of rotatable bonds is 5. The molecule has 1 aromatic rings. The van der Waals surface area contributed by atoms with Crippen LogP contribution in [0.1, 0.15) is 30.1 Å². The first-order valence-corrected chi connectivity index (χ1v) is 8.64. The third-order valence-electron chi connectivity index (χ3n) is 3.36. The van der Waals surface area contributed by atoms with Crippen LogP contribution in [0.25, 0.3) is 0 Å². The summed E-state index contributed by atoms with van der Waals surface area (Å²) in [6.45, 7) is 0.267. The third kappa shape index (κ3) is 5.21. The van der Waals surface area contributed by atoms with Crippen LogP contribution in [0.15, 0.2) is 24.3 Å². The highest BCUT2D eigenvalue weighted by Gasteiger charge is 2.31. The summed E-state index contributed by atoms with van der Waals surface area (Å²) >= 11 is 0. The molecule has 0 saturated heterocycles. The van der Waals surface area contributed by atoms with Gasteiger partial charge in [0.15, 0.2) is 6.10 Å². The molecule has 1 atom stereocenters. The molecule has 1 heterocycles. The van der Waals surface area contributed by atoms with Crippen molar-refractivity contribution >= 4 is 15.9 Å². The molecule has 0 bridgehead atoms. The van der Waals surface area contributed by atoms with Crippen LogP contribution in [0, 0.1) is 0 Å². The van der Waals surface area contributed by atoms with Gasteiger partial charge >= 0.3 is 6.18 Å². The molecule has 1 N–H and O–H groups in total. The Bertz CT molecular complexity index is 673. The van der Waals surface area contributed by atoms with E-state index in [1.165, 1.54) is 0 Å². The highest BCUT2D eigenvalue weighted by atomic mass is 32.2. The highest BCUT2D eigenvalue weighted by molar-refractivity contribution is 7.90. The first-order valence-electron chi connectivity index (χ1n) is 6.98. The van der Waals surface area contributed by atoms with Gasteiger partial charge in [0.1, 0.15) is 0 Å². The van der Waals surface area contributed by atoms with Gasteiger partial charge < -0.3 is 4.74 Å². The normalized spacial score (nSPS) is 18.3. The van der Waals surface area contributed by atoms with Crippen LogP contribution in [-0.2, 0) is 26.0 Å². The van der Waals surface area contributed by atoms with Gasteiger partial charge in [-0.15, -0.1) is 0 Å². The Morgan fingerprint density at radius 2 is 2.00 bits per heavy atom. The Morgan fingerprint density at radius 3 is 2.70 bits per heavy atom. The summed E-state index contributed by atoms with van der Waals surface area (Å²) in [7, 11) is -4.13. The van der Waals surface area contributed by atoms with Crippen LogP contribution < -0.4 is 4.72 Å². The topological polar surface area (TPSA) is 72.5 Å². The predicted molar refractivity (Wildman–Crippen MR) is 76.1 cm³/mol. The molecule has 0 radical (unpaired) electrons. The molecule has 1 aliphatic heterocycles. The van der Waals surface area contributed by atoms with E-state index >= 15 is 0 Å². The molecule has 0 saturated carbocycles. The van der Waals surface area contributed by atoms with Crippen molar-refractivity contribution in [3.05, 3.63) is 35.4 Å². The Labute approximate surface area is 131 Å². The Morgan fingerprint density at radius 1 is 1.30 bits per heavy atom. The van der Waals surface area contributed by atoms with Crippen molar-refractivity contribution in [1.82, 2.24) is 4.72 Å². The summed E-state index contributed by atoms with van der Waals surface area (Å²) in [6, 6.07) is 6.98. The molecule has 1 amide bonds. The average molecular weight is 351 g/mol. The number of halogens is 3. The van der Waals surface area contributed by atoms with Crippen LogP contribution in [0.4, 0.5) is 13.2 Å². The standard InChI is InChI=1S/C14H16F3NO4S/c15-14(16,17)7-3-9-23(20,21)18-13(19)12-11-5-2-1-4-10(11)6-8-22-12/h1-2,4-5,12H,3,6-9H2,(H,18,19)/t12-/m0/s1. The molecule has 128 valence electrons. The predicted octanol–water partition coefficient (Wildman–Crippen LogP) is 2.09. The zero-order valence-corrected chi connectivity index (χ0v) is 12.9. The minimum Gasteiger partial charge on any atom is -0.363 e. The van der Waals surface area contributed by atoms with Gasteiger partial charge in [0.25, 0.3) is 5.91 Å². The summed E-state index contributed by atoms with van der Waals surface area (Å²) in [5, 5.41) is 0. The van der Waals surface area contributed by atoms with Crippen LogP contribution in [0.3, 0.4) is 0 Å². The molecule has 2 rings (SSSR count). The molecular weight excluding hydrogens is 335 g/mol. The zero-order chi connectivity index (χ0) is 17.1. The second-order valence-electron chi connectivity index (χ2n) is 5.20. The minimum absolute atomic E-state index is 0.267. The number of benzene rings is 1. The van der Waals surface area contributed by atoms with E-state index in [0.717, 1.165) is 5.56 Å². The van der Waals surface area contributed by atoms with Gasteiger partial charge in [-0.2, -0.15) is 13.2 Å². The smallest absolute Gasteiger partial charge is 0.363 e. The summed E-state index contributed by atoms with van der Waals surface area (Å²) in [5.74, 6) is -1.66. The zero-order valence-electron chi connectivity index (χ0n) is 12.1. The maximum absolute atomic E-state index is 12.1. The number of nitrogens with one attached hydrogen (secondary N) is 1. The van der Waals surface area contributed by atoms with E-state index in [1.54, 1.807) is 22.9 Å². The number of carbonyl (C=O) groups is 1. The molecule has 1 aromatic carbocycles. The van der Waals surface area contributed by atoms with E-state index in [4.69, 9.17) is 4.74 Å². The van der Waals surface area contributed by atoms with E-state index < -0.39 is 46.8 Å². The van der Waals surface area contributed by atoms with Crippen molar-refractivity contribution in [2.75, 3.05) is 12.4 Å². The number of carbonyl (C=O) groups excluding carboxylic acids is 1. The van der Waals surface area contributed by atoms with Gasteiger partial charge in [-0.1, -0.05) is 24.3 Å². The van der Waals surface area contributed by atoms with Crippen molar-refractivity contribution in [3.8, 4) is 0 Å². The lowest BCUT2D eigenvalue weighted by Gasteiger charge is -2.25. The first kappa shape index (κ1) is 17.7. The lowest BCUT2D eigenvalue weighted by Crippen LogP contribution is -2.38. The second kappa shape index (κ2) is 6.88. The van der Waals surface area contributed by atoms with E-state index in [-0.39, 0.29) is 6.61 Å². The van der Waals surface area contributed by atoms with Gasteiger partial charge in [0.05, 0.1) is 12.4 Å². The Kier molecular flexibility index (Phi) is 5.30. The van der Waals surface area contributed by atoms with Crippen LogP contribution in [0.5, 0.6) is 0 Å². The fraction of sp³-hybridized carbons (Fsp3) is 0.500. The van der Waals surface area contributed by atoms with Crippen molar-refractivity contribution in [3.63, 3.8) is 0 Å². The summed E-state index contributed by atoms with van der Waals surface area (Å²) in [6.07, 6.45) is -6.71. The quantitative estimate of drug-likeness (QED) is 0.882. The molecule has 0 spiro atoms. The highest BCUT2D eigenvalue weighted by Crippen LogP contribution is 2.27. The van der Waals surface area contributed by atoms with Crippen molar-refractivity contribution in [1.29, 1.82) is 0 Å². The van der Waals surface area contributed by atoms with Gasteiger partial charge in [0.2, 0.25) is 10.0 Å². The number of hydrogen-bond acceptors (Lipinski definition) is 4. The van der Waals surface area contributed by atoms with E-state index in [0.29, 0.717) is 12.0 Å². The maximum Gasteiger partial charge on any atom is 0.389 e. The van der Waals surface area contributed by atoms with Gasteiger partial charge in [-0.25, -0.2) is 8.42 Å². The number of amides is 1. The molecule has 5 nitrogen and oxygen atoms in total. The van der Waals surface area contributed by atoms with E-state index in [1.807, 2.05) is 6.07 Å². The third-order valence-corrected chi connectivity index (χ3v) is 4.70. The van der Waals surface area contributed by atoms with Gasteiger partial charge in [0, 0.05) is 6.42 Å². The fourth-order valence-electron chi connectivity index (χ4n) is 2.33. The summed E-state index contributed by atoms with van der Waals surface area (Å²) < 4.78 is 66.7. The number of sulfonamides is 1. The van der Waals surface area contributed by atoms with Gasteiger partial charge in [-0.05, 0) is 24.0 Å². The molecule has 0 aliphatic carbocycles. The summed E-state index contributed by atoms with van der Waals surface area (Å²) in [4.78, 5) is 12.1. The van der Waals surface area contributed by atoms with Crippen LogP contribution in [0.2, 0.25) is 0 Å². The second-order valence-corrected chi connectivity index (χ2v) is 7.05. The molecular formula is C14H16F3NO4S.